The van der Waals surface area contributed by atoms with Crippen molar-refractivity contribution in [2.24, 2.45) is 0 Å². The Morgan fingerprint density at radius 2 is 1.54 bits per heavy atom. The first-order chi connectivity index (χ1) is 16.4. The molecule has 35 heavy (non-hydrogen) atoms. The summed E-state index contributed by atoms with van der Waals surface area (Å²) < 4.78 is 56.7. The van der Waals surface area contributed by atoms with Crippen LogP contribution >= 0.6 is 0 Å². The molecule has 3 rings (SSSR count). The summed E-state index contributed by atoms with van der Waals surface area (Å²) in [5.74, 6) is -0.0745. The summed E-state index contributed by atoms with van der Waals surface area (Å²) in [4.78, 5) is 13.2. The van der Waals surface area contributed by atoms with Gasteiger partial charge in [0.1, 0.15) is 12.3 Å². The molecule has 0 saturated carbocycles. The zero-order valence-corrected chi connectivity index (χ0v) is 21.6. The normalized spacial score (nSPS) is 12.6. The zero-order valence-electron chi connectivity index (χ0n) is 19.9. The smallest absolute Gasteiger partial charge is 0.264 e. The van der Waals surface area contributed by atoms with Crippen molar-refractivity contribution in [2.45, 2.75) is 29.7 Å². The Morgan fingerprint density at radius 1 is 0.943 bits per heavy atom. The molecule has 0 aromatic heterocycles. The fourth-order valence-corrected chi connectivity index (χ4v) is 5.47. The molecule has 1 atom stereocenters. The van der Waals surface area contributed by atoms with Crippen LogP contribution < -0.4 is 14.4 Å². The van der Waals surface area contributed by atoms with E-state index in [-0.39, 0.29) is 15.5 Å². The van der Waals surface area contributed by atoms with Crippen molar-refractivity contribution in [3.8, 4) is 5.75 Å². The molecule has 0 saturated heterocycles. The van der Waals surface area contributed by atoms with Gasteiger partial charge in [-0.1, -0.05) is 35.9 Å². The summed E-state index contributed by atoms with van der Waals surface area (Å²) in [7, 11) is -5.93. The molecule has 0 heterocycles. The highest BCUT2D eigenvalue weighted by Gasteiger charge is 2.28. The van der Waals surface area contributed by atoms with E-state index in [1.165, 1.54) is 31.4 Å². The number of methoxy groups -OCH3 is 1. The summed E-state index contributed by atoms with van der Waals surface area (Å²) in [6.45, 7) is 3.13. The number of rotatable bonds is 9. The molecule has 0 aliphatic rings. The van der Waals surface area contributed by atoms with E-state index >= 15 is 0 Å². The second kappa shape index (κ2) is 10.5. The van der Waals surface area contributed by atoms with Crippen LogP contribution in [0.25, 0.3) is 0 Å². The van der Waals surface area contributed by atoms with E-state index in [4.69, 9.17) is 4.74 Å². The molecule has 0 aliphatic carbocycles. The Hall–Kier alpha value is -3.37. The first kappa shape index (κ1) is 26.2. The van der Waals surface area contributed by atoms with Crippen molar-refractivity contribution in [2.75, 3.05) is 24.2 Å². The van der Waals surface area contributed by atoms with Crippen molar-refractivity contribution >= 4 is 31.5 Å². The van der Waals surface area contributed by atoms with Gasteiger partial charge in [0, 0.05) is 12.3 Å². The SMILES string of the molecule is COc1cccc(N(CC(=O)NC(C)c2ccc(S(C)(=O)=O)cc2)S(=O)(=O)c2ccc(C)cc2)c1. The van der Waals surface area contributed by atoms with Crippen LogP contribution in [0.15, 0.2) is 82.6 Å². The molecular weight excluding hydrogens is 488 g/mol. The van der Waals surface area contributed by atoms with Crippen LogP contribution in [0.2, 0.25) is 0 Å². The number of ether oxygens (including phenoxy) is 1. The van der Waals surface area contributed by atoms with Crippen LogP contribution in [0.4, 0.5) is 5.69 Å². The molecular formula is C25H28N2O6S2. The molecule has 0 aliphatic heterocycles. The Labute approximate surface area is 206 Å². The lowest BCUT2D eigenvalue weighted by atomic mass is 10.1. The number of sulfone groups is 1. The minimum atomic E-state index is -4.06. The molecule has 3 aromatic carbocycles. The van der Waals surface area contributed by atoms with Gasteiger partial charge in [-0.2, -0.15) is 0 Å². The number of hydrogen-bond acceptors (Lipinski definition) is 6. The predicted molar refractivity (Wildman–Crippen MR) is 135 cm³/mol. The monoisotopic (exact) mass is 516 g/mol. The quantitative estimate of drug-likeness (QED) is 0.466. The average molecular weight is 517 g/mol. The number of carbonyl (C=O) groups is 1. The number of nitrogens with one attached hydrogen (secondary N) is 1. The van der Waals surface area contributed by atoms with Crippen molar-refractivity contribution < 1.29 is 26.4 Å². The lowest BCUT2D eigenvalue weighted by Gasteiger charge is -2.25. The molecule has 1 N–H and O–H groups in total. The van der Waals surface area contributed by atoms with Gasteiger partial charge in [0.25, 0.3) is 10.0 Å². The molecule has 0 radical (unpaired) electrons. The van der Waals surface area contributed by atoms with Gasteiger partial charge in [0.05, 0.1) is 28.6 Å². The molecule has 0 fully saturated rings. The third-order valence-electron chi connectivity index (χ3n) is 5.42. The van der Waals surface area contributed by atoms with E-state index in [0.717, 1.165) is 16.1 Å². The van der Waals surface area contributed by atoms with Crippen molar-refractivity contribution in [3.05, 3.63) is 83.9 Å². The number of nitrogens with zero attached hydrogens (tertiary/aromatic N) is 1. The maximum Gasteiger partial charge on any atom is 0.264 e. The highest BCUT2D eigenvalue weighted by Crippen LogP contribution is 2.27. The molecule has 0 spiro atoms. The number of hydrogen-bond donors (Lipinski definition) is 1. The fourth-order valence-electron chi connectivity index (χ4n) is 3.42. The van der Waals surface area contributed by atoms with Gasteiger partial charge in [-0.15, -0.1) is 0 Å². The first-order valence-electron chi connectivity index (χ1n) is 10.7. The van der Waals surface area contributed by atoms with Crippen LogP contribution in [0.1, 0.15) is 24.1 Å². The van der Waals surface area contributed by atoms with Crippen molar-refractivity contribution in [1.29, 1.82) is 0 Å². The van der Waals surface area contributed by atoms with Gasteiger partial charge < -0.3 is 10.1 Å². The maximum absolute atomic E-state index is 13.5. The van der Waals surface area contributed by atoms with E-state index in [1.54, 1.807) is 55.5 Å². The number of amides is 1. The zero-order chi connectivity index (χ0) is 25.8. The topological polar surface area (TPSA) is 110 Å². The van der Waals surface area contributed by atoms with Crippen LogP contribution in [0, 0.1) is 6.92 Å². The number of aryl methyl sites for hydroxylation is 1. The third-order valence-corrected chi connectivity index (χ3v) is 8.34. The summed E-state index contributed by atoms with van der Waals surface area (Å²) in [6.07, 6.45) is 1.12. The fraction of sp³-hybridized carbons (Fsp3) is 0.240. The van der Waals surface area contributed by atoms with Gasteiger partial charge in [-0.25, -0.2) is 16.8 Å². The summed E-state index contributed by atoms with van der Waals surface area (Å²) in [5, 5.41) is 2.79. The second-order valence-corrected chi connectivity index (χ2v) is 12.0. The minimum Gasteiger partial charge on any atom is -0.497 e. The van der Waals surface area contributed by atoms with E-state index in [1.807, 2.05) is 6.92 Å². The Morgan fingerprint density at radius 3 is 2.11 bits per heavy atom. The Bertz CT molecular complexity index is 1400. The summed E-state index contributed by atoms with van der Waals surface area (Å²) in [6, 6.07) is 18.6. The third kappa shape index (κ3) is 6.40. The number of anilines is 1. The molecule has 10 heteroatoms. The molecule has 3 aromatic rings. The second-order valence-electron chi connectivity index (χ2n) is 8.16. The molecule has 1 amide bonds. The Kier molecular flexibility index (Phi) is 7.86. The van der Waals surface area contributed by atoms with E-state index in [2.05, 4.69) is 5.32 Å². The van der Waals surface area contributed by atoms with Crippen LogP contribution in [0.5, 0.6) is 5.75 Å². The highest BCUT2D eigenvalue weighted by molar-refractivity contribution is 7.93. The van der Waals surface area contributed by atoms with Gasteiger partial charge in [-0.05, 0) is 55.8 Å². The van der Waals surface area contributed by atoms with Gasteiger partial charge in [-0.3, -0.25) is 9.10 Å². The lowest BCUT2D eigenvalue weighted by molar-refractivity contribution is -0.120. The van der Waals surface area contributed by atoms with Gasteiger partial charge in [0.15, 0.2) is 9.84 Å². The largest absolute Gasteiger partial charge is 0.497 e. The summed E-state index contributed by atoms with van der Waals surface area (Å²) >= 11 is 0. The summed E-state index contributed by atoms with van der Waals surface area (Å²) in [5.41, 5.74) is 1.87. The average Bonchev–Trinajstić information content (AvgIpc) is 2.82. The van der Waals surface area contributed by atoms with E-state index < -0.39 is 38.4 Å². The van der Waals surface area contributed by atoms with E-state index in [0.29, 0.717) is 11.3 Å². The molecule has 186 valence electrons. The highest BCUT2D eigenvalue weighted by atomic mass is 32.2. The standard InChI is InChI=1S/C25H28N2O6S2/c1-18-8-12-24(13-9-18)35(31,32)27(21-6-5-7-22(16-21)33-3)17-25(28)26-19(2)20-10-14-23(15-11-20)34(4,29)30/h5-16,19H,17H2,1-4H3,(H,26,28). The van der Waals surface area contributed by atoms with Gasteiger partial charge in [0.2, 0.25) is 5.91 Å². The lowest BCUT2D eigenvalue weighted by Crippen LogP contribution is -2.41. The van der Waals surface area contributed by atoms with Gasteiger partial charge >= 0.3 is 0 Å². The molecule has 8 nitrogen and oxygen atoms in total. The van der Waals surface area contributed by atoms with E-state index in [9.17, 15) is 21.6 Å². The number of carbonyl (C=O) groups excluding carboxylic acids is 1. The van der Waals surface area contributed by atoms with Crippen molar-refractivity contribution in [1.82, 2.24) is 5.32 Å². The van der Waals surface area contributed by atoms with Crippen LogP contribution in [-0.2, 0) is 24.7 Å². The first-order valence-corrected chi connectivity index (χ1v) is 14.1. The minimum absolute atomic E-state index is 0.0585. The number of benzene rings is 3. The molecule has 0 bridgehead atoms. The maximum atomic E-state index is 13.5. The predicted octanol–water partition coefficient (Wildman–Crippen LogP) is 3.48. The van der Waals surface area contributed by atoms with Crippen LogP contribution in [-0.4, -0.2) is 42.7 Å². The molecule has 1 unspecified atom stereocenters. The van der Waals surface area contributed by atoms with Crippen LogP contribution in [0.3, 0.4) is 0 Å². The number of sulfonamides is 1. The Balaban J connectivity index is 1.88. The van der Waals surface area contributed by atoms with Crippen molar-refractivity contribution in [3.63, 3.8) is 0 Å².